The lowest BCUT2D eigenvalue weighted by Crippen LogP contribution is -2.75. The maximum atomic E-state index is 15.4. The molecule has 2 N–H and O–H groups in total. The van der Waals surface area contributed by atoms with Gasteiger partial charge in [-0.2, -0.15) is 5.26 Å². The second kappa shape index (κ2) is 16.1. The summed E-state index contributed by atoms with van der Waals surface area (Å²) >= 11 is 0. The van der Waals surface area contributed by atoms with Crippen molar-refractivity contribution in [3.63, 3.8) is 0 Å². The van der Waals surface area contributed by atoms with E-state index >= 15 is 4.79 Å². The molecule has 3 saturated carbocycles. The Hall–Kier alpha value is -5.65. The van der Waals surface area contributed by atoms with E-state index in [2.05, 4.69) is 17.0 Å². The number of nitrogens with zero attached hydrogens (tertiary/aromatic N) is 3. The molecule has 6 unspecified atom stereocenters. The smallest absolute Gasteiger partial charge is 0.333 e. The number of hydrogen-bond donors (Lipinski definition) is 1. The monoisotopic (exact) mass is 876 g/mol. The summed E-state index contributed by atoms with van der Waals surface area (Å²) in [6.07, 6.45) is 11.1. The van der Waals surface area contributed by atoms with E-state index in [1.54, 1.807) is 17.9 Å². The summed E-state index contributed by atoms with van der Waals surface area (Å²) in [5.74, 6) is -3.34. The molecule has 0 radical (unpaired) electrons. The third kappa shape index (κ3) is 6.97. The van der Waals surface area contributed by atoms with Crippen LogP contribution in [-0.2, 0) is 39.8 Å². The average molecular weight is 877 g/mol. The summed E-state index contributed by atoms with van der Waals surface area (Å²) in [5.41, 5.74) is 6.02. The third-order valence-corrected chi connectivity index (χ3v) is 14.3. The Labute approximate surface area is 375 Å². The van der Waals surface area contributed by atoms with Gasteiger partial charge in [0.2, 0.25) is 11.8 Å². The summed E-state index contributed by atoms with van der Waals surface area (Å²) in [6.45, 7) is 17.9. The minimum absolute atomic E-state index is 0.0461. The SMILES string of the molecule is COC(=O)/C(C)=C\CC12OC(C)(C)C3CC(C1=O)C1C(C#N)=C(N)OC4=C1C32Oc1c(CC=C(C)C)c2c(c(OC(=O)CC(=O)N3CCN(C)CC3)c14)C=CC(C)(CCC=C(C)C)O2. The Morgan fingerprint density at radius 1 is 1.00 bits per heavy atom. The van der Waals surface area contributed by atoms with Gasteiger partial charge in [0, 0.05) is 67.1 Å². The Balaban J connectivity index is 1.40. The van der Waals surface area contributed by atoms with Crippen LogP contribution in [0.3, 0.4) is 0 Å². The predicted octanol–water partition coefficient (Wildman–Crippen LogP) is 6.63. The first-order valence-electron chi connectivity index (χ1n) is 22.3. The number of rotatable bonds is 11. The molecule has 1 amide bonds. The van der Waals surface area contributed by atoms with Gasteiger partial charge in [0.05, 0.1) is 23.8 Å². The number of nitrogens with two attached hydrogens (primary N) is 1. The van der Waals surface area contributed by atoms with Crippen LogP contribution in [0.1, 0.15) is 104 Å². The Bertz CT molecular complexity index is 2470. The lowest BCUT2D eigenvalue weighted by molar-refractivity contribution is -0.181. The van der Waals surface area contributed by atoms with Crippen LogP contribution in [-0.4, -0.2) is 96.2 Å². The summed E-state index contributed by atoms with van der Waals surface area (Å²) in [6, 6.07) is 2.25. The molecule has 9 rings (SSSR count). The molecular formula is C50H60N4O10. The second-order valence-electron chi connectivity index (χ2n) is 19.6. The molecule has 6 atom stereocenters. The minimum atomic E-state index is -1.71. The van der Waals surface area contributed by atoms with Gasteiger partial charge in [-0.3, -0.25) is 14.4 Å². The molecule has 8 aliphatic rings. The van der Waals surface area contributed by atoms with Gasteiger partial charge in [-0.15, -0.1) is 0 Å². The quantitative estimate of drug-likeness (QED) is 0.0824. The van der Waals surface area contributed by atoms with Crippen molar-refractivity contribution in [3.05, 3.63) is 74.7 Å². The number of benzene rings is 1. The number of methoxy groups -OCH3 is 1. The average Bonchev–Trinajstić information content (AvgIpc) is 3.37. The zero-order chi connectivity index (χ0) is 46.3. The number of piperazine rings is 1. The highest BCUT2D eigenvalue weighted by Gasteiger charge is 2.84. The first kappa shape index (κ1) is 44.9. The molecular weight excluding hydrogens is 817 g/mol. The minimum Gasteiger partial charge on any atom is -0.482 e. The van der Waals surface area contributed by atoms with Crippen LogP contribution in [0.2, 0.25) is 0 Å². The van der Waals surface area contributed by atoms with E-state index in [1.807, 2.05) is 73.7 Å². The van der Waals surface area contributed by atoms with E-state index < -0.39 is 58.5 Å². The van der Waals surface area contributed by atoms with E-state index in [1.165, 1.54) is 12.7 Å². The van der Waals surface area contributed by atoms with Crippen LogP contribution in [0.25, 0.3) is 11.8 Å². The molecule has 5 aliphatic heterocycles. The molecule has 3 aliphatic carbocycles. The molecule has 1 aromatic carbocycles. The van der Waals surface area contributed by atoms with Crippen molar-refractivity contribution >= 4 is 35.5 Å². The van der Waals surface area contributed by atoms with E-state index in [9.17, 15) is 19.6 Å². The van der Waals surface area contributed by atoms with Crippen molar-refractivity contribution in [2.45, 2.75) is 116 Å². The van der Waals surface area contributed by atoms with Gasteiger partial charge in [0.25, 0.3) is 0 Å². The van der Waals surface area contributed by atoms with Gasteiger partial charge >= 0.3 is 11.9 Å². The number of ether oxygens (including phenoxy) is 6. The number of amides is 1. The first-order chi connectivity index (χ1) is 30.2. The summed E-state index contributed by atoms with van der Waals surface area (Å²) in [4.78, 5) is 59.9. The number of Topliss-reactive ketones (excluding diaryl/α,β-unsaturated/α-hetero) is 1. The number of carbonyl (C=O) groups is 4. The van der Waals surface area contributed by atoms with Gasteiger partial charge in [-0.25, -0.2) is 4.79 Å². The number of fused-ring (bicyclic) bond motifs is 3. The number of likely N-dealkylation sites (N-methyl/N-ethyl adjacent to an activating group) is 1. The van der Waals surface area contributed by atoms with Crippen molar-refractivity contribution in [2.75, 3.05) is 40.3 Å². The maximum absolute atomic E-state index is 15.4. The van der Waals surface area contributed by atoms with Crippen LogP contribution in [0.5, 0.6) is 17.2 Å². The standard InChI is InChI=1S/C50H60N4O10/c1-27(2)12-11-17-48(8)18-16-31-40(62-48)30(14-13-28(3)4)42-38(41(31)60-36(56)25-35(55)54-22-20-53(9)21-23-54)43-39-37(33(26-51)45(52)61-43)32-24-34-47(6,7)64-49(44(32)57,50(34,39)63-42)19-15-29(5)46(58)59-10/h12-13,15-16,18,32,34,37H,11,14,17,19-25,52H2,1-10H3/b29-15-. The largest absolute Gasteiger partial charge is 0.482 e. The molecule has 14 heteroatoms. The van der Waals surface area contributed by atoms with Gasteiger partial charge < -0.3 is 44.0 Å². The zero-order valence-electron chi connectivity index (χ0n) is 38.7. The van der Waals surface area contributed by atoms with Gasteiger partial charge in [0.15, 0.2) is 22.7 Å². The molecule has 1 aromatic rings. The molecule has 5 heterocycles. The lowest BCUT2D eigenvalue weighted by atomic mass is 9.45. The fourth-order valence-electron chi connectivity index (χ4n) is 11.1. The van der Waals surface area contributed by atoms with Crippen molar-refractivity contribution in [3.8, 4) is 23.3 Å². The molecule has 2 saturated heterocycles. The molecule has 4 bridgehead atoms. The highest BCUT2D eigenvalue weighted by Crippen LogP contribution is 2.74. The topological polar surface area (TPSA) is 180 Å². The fourth-order valence-corrected chi connectivity index (χ4v) is 11.1. The zero-order valence-corrected chi connectivity index (χ0v) is 38.7. The summed E-state index contributed by atoms with van der Waals surface area (Å²) in [7, 11) is 3.28. The Morgan fingerprint density at radius 3 is 2.36 bits per heavy atom. The van der Waals surface area contributed by atoms with Crippen LogP contribution >= 0.6 is 0 Å². The number of allylic oxidation sites excluding steroid dienone is 5. The Kier molecular flexibility index (Phi) is 11.3. The number of ketones is 1. The molecule has 64 heavy (non-hydrogen) atoms. The van der Waals surface area contributed by atoms with Crippen molar-refractivity contribution in [1.82, 2.24) is 9.80 Å². The molecule has 5 fully saturated rings. The highest BCUT2D eigenvalue weighted by molar-refractivity contribution is 6.02. The third-order valence-electron chi connectivity index (χ3n) is 14.3. The molecule has 0 aromatic heterocycles. The van der Waals surface area contributed by atoms with Crippen molar-refractivity contribution < 1.29 is 47.6 Å². The van der Waals surface area contributed by atoms with E-state index in [-0.39, 0.29) is 58.0 Å². The molecule has 1 spiro atoms. The number of nitriles is 1. The van der Waals surface area contributed by atoms with Crippen LogP contribution < -0.4 is 19.9 Å². The fraction of sp³-hybridized carbons (Fsp3) is 0.540. The van der Waals surface area contributed by atoms with E-state index in [0.29, 0.717) is 67.9 Å². The predicted molar refractivity (Wildman–Crippen MR) is 237 cm³/mol. The van der Waals surface area contributed by atoms with Crippen LogP contribution in [0.4, 0.5) is 0 Å². The van der Waals surface area contributed by atoms with Crippen molar-refractivity contribution in [2.24, 2.45) is 23.5 Å². The molecule has 340 valence electrons. The first-order valence-corrected chi connectivity index (χ1v) is 22.3. The summed E-state index contributed by atoms with van der Waals surface area (Å²) in [5, 5.41) is 10.7. The molecule has 14 nitrogen and oxygen atoms in total. The maximum Gasteiger partial charge on any atom is 0.333 e. The second-order valence-corrected chi connectivity index (χ2v) is 19.6. The van der Waals surface area contributed by atoms with Gasteiger partial charge in [-0.1, -0.05) is 29.4 Å². The number of hydrogen-bond acceptors (Lipinski definition) is 13. The van der Waals surface area contributed by atoms with Crippen molar-refractivity contribution in [1.29, 1.82) is 5.26 Å². The van der Waals surface area contributed by atoms with Crippen LogP contribution in [0, 0.1) is 29.1 Å². The van der Waals surface area contributed by atoms with Gasteiger partial charge in [0.1, 0.15) is 40.9 Å². The summed E-state index contributed by atoms with van der Waals surface area (Å²) < 4.78 is 40.0. The number of carbonyl (C=O) groups excluding carboxylic acids is 4. The van der Waals surface area contributed by atoms with Gasteiger partial charge in [-0.05, 0) is 100 Å². The van der Waals surface area contributed by atoms with E-state index in [0.717, 1.165) is 12.0 Å². The Morgan fingerprint density at radius 2 is 1.70 bits per heavy atom. The normalized spacial score (nSPS) is 29.3. The van der Waals surface area contributed by atoms with E-state index in [4.69, 9.17) is 34.2 Å². The number of esters is 2. The lowest BCUT2D eigenvalue weighted by Gasteiger charge is -2.61. The highest BCUT2D eigenvalue weighted by atomic mass is 16.6. The van der Waals surface area contributed by atoms with Crippen LogP contribution in [0.15, 0.2) is 58.1 Å².